The summed E-state index contributed by atoms with van der Waals surface area (Å²) in [5.41, 5.74) is 1.82. The van der Waals surface area contributed by atoms with Crippen molar-refractivity contribution < 1.29 is 24.1 Å². The lowest BCUT2D eigenvalue weighted by molar-refractivity contribution is 0.0692. The van der Waals surface area contributed by atoms with Crippen molar-refractivity contribution in [1.29, 1.82) is 0 Å². The van der Waals surface area contributed by atoms with Crippen LogP contribution in [-0.2, 0) is 0 Å². The molecule has 0 amide bonds. The Hall–Kier alpha value is -3.47. The highest BCUT2D eigenvalue weighted by Gasteiger charge is 2.20. The van der Waals surface area contributed by atoms with E-state index in [2.05, 4.69) is 0 Å². The van der Waals surface area contributed by atoms with E-state index in [0.29, 0.717) is 17.2 Å². The van der Waals surface area contributed by atoms with Gasteiger partial charge in [-0.1, -0.05) is 36.4 Å². The average molecular weight is 364 g/mol. The summed E-state index contributed by atoms with van der Waals surface area (Å²) in [5, 5.41) is 9.60. The Morgan fingerprint density at radius 1 is 0.815 bits per heavy atom. The van der Waals surface area contributed by atoms with Gasteiger partial charge in [-0.25, -0.2) is 4.79 Å². The fourth-order valence-electron chi connectivity index (χ4n) is 2.67. The Morgan fingerprint density at radius 2 is 1.37 bits per heavy atom. The van der Waals surface area contributed by atoms with Crippen molar-refractivity contribution >= 4 is 5.97 Å². The second-order valence-corrected chi connectivity index (χ2v) is 6.04. The lowest BCUT2D eigenvalue weighted by Gasteiger charge is -2.16. The monoisotopic (exact) mass is 364 g/mol. The average Bonchev–Trinajstić information content (AvgIpc) is 2.65. The van der Waals surface area contributed by atoms with Crippen molar-refractivity contribution in [2.45, 2.75) is 13.8 Å². The Kier molecular flexibility index (Phi) is 5.31. The normalized spacial score (nSPS) is 10.3. The minimum Gasteiger partial charge on any atom is -0.492 e. The molecule has 27 heavy (non-hydrogen) atoms. The van der Waals surface area contributed by atoms with Crippen molar-refractivity contribution in [2.75, 3.05) is 7.11 Å². The molecule has 5 heteroatoms. The second-order valence-electron chi connectivity index (χ2n) is 6.04. The number of para-hydroxylation sites is 2. The summed E-state index contributed by atoms with van der Waals surface area (Å²) < 4.78 is 17.2. The number of aromatic carboxylic acids is 1. The van der Waals surface area contributed by atoms with Gasteiger partial charge >= 0.3 is 5.97 Å². The predicted octanol–water partition coefficient (Wildman–Crippen LogP) is 5.59. The maximum Gasteiger partial charge on any atom is 0.339 e. The molecule has 0 radical (unpaired) electrons. The van der Waals surface area contributed by atoms with Gasteiger partial charge in [0, 0.05) is 6.07 Å². The molecule has 0 heterocycles. The molecule has 3 aromatic rings. The first-order chi connectivity index (χ1) is 13.0. The van der Waals surface area contributed by atoms with Gasteiger partial charge in [0.1, 0.15) is 22.8 Å². The summed E-state index contributed by atoms with van der Waals surface area (Å²) in [6, 6.07) is 18.0. The number of rotatable bonds is 6. The van der Waals surface area contributed by atoms with Crippen molar-refractivity contribution in [3.63, 3.8) is 0 Å². The second kappa shape index (κ2) is 7.83. The largest absolute Gasteiger partial charge is 0.492 e. The topological polar surface area (TPSA) is 65.0 Å². The molecule has 0 spiro atoms. The molecule has 0 aliphatic heterocycles. The van der Waals surface area contributed by atoms with E-state index in [0.717, 1.165) is 11.1 Å². The number of hydrogen-bond donors (Lipinski definition) is 1. The smallest absolute Gasteiger partial charge is 0.339 e. The van der Waals surface area contributed by atoms with E-state index in [1.165, 1.54) is 13.2 Å². The fourth-order valence-corrected chi connectivity index (χ4v) is 2.67. The minimum atomic E-state index is -1.13. The molecule has 0 saturated heterocycles. The number of methoxy groups -OCH3 is 1. The molecule has 138 valence electrons. The number of benzene rings is 3. The van der Waals surface area contributed by atoms with E-state index in [4.69, 9.17) is 14.2 Å². The van der Waals surface area contributed by atoms with E-state index in [1.54, 1.807) is 6.07 Å². The summed E-state index contributed by atoms with van der Waals surface area (Å²) in [7, 11) is 1.41. The van der Waals surface area contributed by atoms with E-state index < -0.39 is 5.97 Å². The van der Waals surface area contributed by atoms with Gasteiger partial charge in [-0.3, -0.25) is 0 Å². The van der Waals surface area contributed by atoms with Crippen LogP contribution in [0.1, 0.15) is 21.5 Å². The molecular weight excluding hydrogens is 344 g/mol. The number of carboxylic acids is 1. The molecule has 0 saturated carbocycles. The van der Waals surface area contributed by atoms with Crippen molar-refractivity contribution in [2.24, 2.45) is 0 Å². The highest BCUT2D eigenvalue weighted by molar-refractivity contribution is 5.92. The maximum atomic E-state index is 11.7. The van der Waals surface area contributed by atoms with Crippen LogP contribution in [0.15, 0.2) is 60.7 Å². The van der Waals surface area contributed by atoms with Gasteiger partial charge in [0.05, 0.1) is 7.11 Å². The molecule has 5 nitrogen and oxygen atoms in total. The SMILES string of the molecule is COc1c(Oc2ccccc2C)cc(Oc2ccccc2C)cc1C(=O)O. The third-order valence-electron chi connectivity index (χ3n) is 4.10. The molecule has 0 fully saturated rings. The van der Waals surface area contributed by atoms with Crippen molar-refractivity contribution in [1.82, 2.24) is 0 Å². The number of ether oxygens (including phenoxy) is 3. The van der Waals surface area contributed by atoms with Crippen LogP contribution < -0.4 is 14.2 Å². The van der Waals surface area contributed by atoms with Crippen LogP contribution in [0.4, 0.5) is 0 Å². The number of aryl methyl sites for hydroxylation is 2. The Balaban J connectivity index is 2.07. The van der Waals surface area contributed by atoms with Crippen LogP contribution in [-0.4, -0.2) is 18.2 Å². The molecule has 0 unspecified atom stereocenters. The Bertz CT molecular complexity index is 978. The minimum absolute atomic E-state index is 0.0350. The van der Waals surface area contributed by atoms with Gasteiger partial charge in [-0.15, -0.1) is 0 Å². The van der Waals surface area contributed by atoms with Crippen LogP contribution in [0.2, 0.25) is 0 Å². The van der Waals surface area contributed by atoms with Crippen LogP contribution >= 0.6 is 0 Å². The van der Waals surface area contributed by atoms with Crippen LogP contribution in [0.5, 0.6) is 28.7 Å². The summed E-state index contributed by atoms with van der Waals surface area (Å²) in [5.74, 6) is 0.891. The van der Waals surface area contributed by atoms with Gasteiger partial charge in [-0.05, 0) is 43.2 Å². The van der Waals surface area contributed by atoms with Gasteiger partial charge in [0.25, 0.3) is 0 Å². The highest BCUT2D eigenvalue weighted by Crippen LogP contribution is 2.40. The summed E-state index contributed by atoms with van der Waals surface area (Å²) in [6.07, 6.45) is 0. The molecule has 0 atom stereocenters. The molecule has 0 aliphatic rings. The first-order valence-corrected chi connectivity index (χ1v) is 8.42. The van der Waals surface area contributed by atoms with Gasteiger partial charge in [0.2, 0.25) is 0 Å². The van der Waals surface area contributed by atoms with Gasteiger partial charge in [-0.2, -0.15) is 0 Å². The quantitative estimate of drug-likeness (QED) is 0.617. The molecule has 0 bridgehead atoms. The molecule has 0 aromatic heterocycles. The van der Waals surface area contributed by atoms with Crippen molar-refractivity contribution in [3.8, 4) is 28.7 Å². The zero-order chi connectivity index (χ0) is 19.4. The van der Waals surface area contributed by atoms with Gasteiger partial charge in [0.15, 0.2) is 11.5 Å². The first-order valence-electron chi connectivity index (χ1n) is 8.42. The molecule has 1 N–H and O–H groups in total. The standard InChI is InChI=1S/C22H20O5/c1-14-8-4-6-10-18(14)26-16-12-17(22(23)24)21(25-3)20(13-16)27-19-11-7-5-9-15(19)2/h4-13H,1-3H3,(H,23,24). The zero-order valence-electron chi connectivity index (χ0n) is 15.4. The Morgan fingerprint density at radius 3 is 1.89 bits per heavy atom. The highest BCUT2D eigenvalue weighted by atomic mass is 16.5. The van der Waals surface area contributed by atoms with Crippen LogP contribution in [0, 0.1) is 13.8 Å². The zero-order valence-corrected chi connectivity index (χ0v) is 15.4. The summed E-state index contributed by atoms with van der Waals surface area (Å²) in [6.45, 7) is 3.83. The van der Waals surface area contributed by atoms with E-state index >= 15 is 0 Å². The van der Waals surface area contributed by atoms with E-state index in [9.17, 15) is 9.90 Å². The van der Waals surface area contributed by atoms with E-state index in [1.807, 2.05) is 62.4 Å². The summed E-state index contributed by atoms with van der Waals surface area (Å²) in [4.78, 5) is 11.7. The van der Waals surface area contributed by atoms with Crippen LogP contribution in [0.25, 0.3) is 0 Å². The Labute approximate surface area is 157 Å². The maximum absolute atomic E-state index is 11.7. The molecule has 3 aromatic carbocycles. The molecular formula is C22H20O5. The third kappa shape index (κ3) is 4.03. The number of carboxylic acid groups (broad SMARTS) is 1. The first kappa shape index (κ1) is 18.3. The van der Waals surface area contributed by atoms with E-state index in [-0.39, 0.29) is 17.1 Å². The predicted molar refractivity (Wildman–Crippen MR) is 102 cm³/mol. The fraction of sp³-hybridized carbons (Fsp3) is 0.136. The lowest BCUT2D eigenvalue weighted by Crippen LogP contribution is -2.03. The van der Waals surface area contributed by atoms with Crippen molar-refractivity contribution in [3.05, 3.63) is 77.4 Å². The van der Waals surface area contributed by atoms with Gasteiger partial charge < -0.3 is 19.3 Å². The van der Waals surface area contributed by atoms with Crippen LogP contribution in [0.3, 0.4) is 0 Å². The molecule has 0 aliphatic carbocycles. The summed E-state index contributed by atoms with van der Waals surface area (Å²) >= 11 is 0. The number of carbonyl (C=O) groups is 1. The third-order valence-corrected chi connectivity index (χ3v) is 4.10. The lowest BCUT2D eigenvalue weighted by atomic mass is 10.1. The number of hydrogen-bond acceptors (Lipinski definition) is 4. The molecule has 3 rings (SSSR count).